The molecule has 9 aromatic carbocycles. The van der Waals surface area contributed by atoms with E-state index in [2.05, 4.69) is 152 Å². The summed E-state index contributed by atoms with van der Waals surface area (Å²) in [6.45, 7) is 0. The van der Waals surface area contributed by atoms with E-state index in [1.807, 2.05) is 12.1 Å². The van der Waals surface area contributed by atoms with Gasteiger partial charge < -0.3 is 0 Å². The molecule has 0 nitrogen and oxygen atoms in total. The predicted molar refractivity (Wildman–Crippen MR) is 212 cm³/mol. The van der Waals surface area contributed by atoms with Crippen molar-refractivity contribution in [3.05, 3.63) is 164 Å². The molecule has 0 spiro atoms. The Morgan fingerprint density at radius 1 is 0.367 bits per heavy atom. The first-order valence-corrected chi connectivity index (χ1v) is 18.9. The number of benzene rings is 9. The van der Waals surface area contributed by atoms with E-state index in [0.717, 1.165) is 21.5 Å². The third kappa shape index (κ3) is 4.37. The van der Waals surface area contributed by atoms with E-state index >= 15 is 0 Å². The molecule has 49 heavy (non-hydrogen) atoms. The van der Waals surface area contributed by atoms with Crippen LogP contribution in [0.3, 0.4) is 0 Å². The van der Waals surface area contributed by atoms with Crippen molar-refractivity contribution in [1.82, 2.24) is 0 Å². The van der Waals surface area contributed by atoms with Crippen molar-refractivity contribution in [1.29, 1.82) is 0 Å². The normalized spacial score (nSPS) is 11.9. The fourth-order valence-electron chi connectivity index (χ4n) is 7.97. The Bertz CT molecular complexity index is 2810. The van der Waals surface area contributed by atoms with E-state index in [-0.39, 0.29) is 14.5 Å². The van der Waals surface area contributed by atoms with E-state index in [9.17, 15) is 3.89 Å². The molecule has 0 radical (unpaired) electrons. The van der Waals surface area contributed by atoms with Crippen LogP contribution in [0.5, 0.6) is 0 Å². The van der Waals surface area contributed by atoms with Gasteiger partial charge in [-0.25, -0.2) is 0 Å². The number of hydrogen-bond acceptors (Lipinski definition) is 1. The van der Waals surface area contributed by atoms with E-state index in [4.69, 9.17) is 0 Å². The molecule has 1 aromatic heterocycles. The summed E-state index contributed by atoms with van der Waals surface area (Å²) in [7, 11) is 0. The van der Waals surface area contributed by atoms with E-state index in [0.29, 0.717) is 17.0 Å². The quantitative estimate of drug-likeness (QED) is 0.129. The van der Waals surface area contributed by atoms with Crippen molar-refractivity contribution in [2.45, 2.75) is 4.90 Å². The monoisotopic (exact) mass is 710 g/mol. The van der Waals surface area contributed by atoms with Crippen LogP contribution in [-0.4, -0.2) is 14.5 Å². The molecule has 0 aliphatic carbocycles. The summed E-state index contributed by atoms with van der Waals surface area (Å²) in [5, 5.41) is 11.8. The maximum absolute atomic E-state index is 14.5. The Morgan fingerprint density at radius 3 is 1.39 bits per heavy atom. The molecule has 0 atom stereocenters. The first-order chi connectivity index (χ1) is 24.3. The van der Waals surface area contributed by atoms with E-state index < -0.39 is 0 Å². The van der Waals surface area contributed by atoms with Crippen molar-refractivity contribution >= 4 is 89.0 Å². The molecule has 3 heteroatoms. The molecule has 0 N–H and O–H groups in total. The molecular formula is C46H27FSSe. The van der Waals surface area contributed by atoms with Crippen LogP contribution in [0.1, 0.15) is 0 Å². The van der Waals surface area contributed by atoms with Crippen LogP contribution in [0.25, 0.3) is 95.8 Å². The minimum absolute atomic E-state index is 0.0859. The molecule has 230 valence electrons. The number of rotatable bonds is 4. The fourth-order valence-corrected chi connectivity index (χ4v) is 11.1. The zero-order valence-electron chi connectivity index (χ0n) is 26.3. The molecular weight excluding hydrogens is 683 g/mol. The SMILES string of the molecule is FSc1c2ccccc2c(-c2cccc3c2[se]c2cc(-c4c5ccccc5c(-c5ccccc5)c5ccccc45)ccc23)c2ccccc12. The van der Waals surface area contributed by atoms with Crippen LogP contribution in [0, 0.1) is 0 Å². The van der Waals surface area contributed by atoms with E-state index in [1.54, 1.807) is 0 Å². The second-order valence-electron chi connectivity index (χ2n) is 12.6. The van der Waals surface area contributed by atoms with Crippen molar-refractivity contribution in [3.8, 4) is 33.4 Å². The second kappa shape index (κ2) is 11.5. The number of halogens is 1. The summed E-state index contributed by atoms with van der Waals surface area (Å²) < 4.78 is 17.3. The standard InChI is InChI=1S/C46H27FSSe/c47-48-45-37-21-10-8-19-35(37)44(36-20-9-11-22-38(36)45)40-24-12-23-39-30-26-25-29(27-41(30)49-46(39)40)43-33-17-6-4-15-31(33)42(28-13-2-1-3-14-28)32-16-5-7-18-34(32)43/h1-27H. The van der Waals surface area contributed by atoms with Crippen molar-refractivity contribution in [2.24, 2.45) is 0 Å². The minimum atomic E-state index is 0.0859. The Labute approximate surface area is 293 Å². The molecule has 0 amide bonds. The van der Waals surface area contributed by atoms with Crippen LogP contribution >= 0.6 is 12.1 Å². The molecule has 0 aliphatic heterocycles. The topological polar surface area (TPSA) is 0 Å². The van der Waals surface area contributed by atoms with Gasteiger partial charge in [0, 0.05) is 0 Å². The summed E-state index contributed by atoms with van der Waals surface area (Å²) in [5.74, 6) is 0. The van der Waals surface area contributed by atoms with Crippen LogP contribution < -0.4 is 0 Å². The fraction of sp³-hybridized carbons (Fsp3) is 0. The van der Waals surface area contributed by atoms with Crippen LogP contribution in [0.4, 0.5) is 3.89 Å². The van der Waals surface area contributed by atoms with Gasteiger partial charge in [-0.15, -0.1) is 0 Å². The van der Waals surface area contributed by atoms with Gasteiger partial charge in [-0.05, 0) is 0 Å². The maximum atomic E-state index is 14.5. The molecule has 0 saturated heterocycles. The summed E-state index contributed by atoms with van der Waals surface area (Å²) in [5.41, 5.74) is 7.51. The van der Waals surface area contributed by atoms with Gasteiger partial charge in [-0.3, -0.25) is 0 Å². The average molecular weight is 710 g/mol. The van der Waals surface area contributed by atoms with Crippen molar-refractivity contribution in [3.63, 3.8) is 0 Å². The summed E-state index contributed by atoms with van der Waals surface area (Å²) in [6.07, 6.45) is 0. The third-order valence-electron chi connectivity index (χ3n) is 10.0. The summed E-state index contributed by atoms with van der Waals surface area (Å²) >= 11 is 0.437. The Hall–Kier alpha value is -5.18. The van der Waals surface area contributed by atoms with Gasteiger partial charge in [0.05, 0.1) is 0 Å². The molecule has 0 aliphatic rings. The Kier molecular flexibility index (Phi) is 6.74. The van der Waals surface area contributed by atoms with Crippen LogP contribution in [0.15, 0.2) is 169 Å². The number of fused-ring (bicyclic) bond motifs is 7. The van der Waals surface area contributed by atoms with Gasteiger partial charge in [0.15, 0.2) is 0 Å². The van der Waals surface area contributed by atoms with Crippen LogP contribution in [-0.2, 0) is 0 Å². The molecule has 10 rings (SSSR count). The van der Waals surface area contributed by atoms with Gasteiger partial charge in [0.25, 0.3) is 0 Å². The van der Waals surface area contributed by atoms with E-state index in [1.165, 1.54) is 74.2 Å². The zero-order chi connectivity index (χ0) is 32.5. The molecule has 0 bridgehead atoms. The van der Waals surface area contributed by atoms with Crippen molar-refractivity contribution in [2.75, 3.05) is 0 Å². The van der Waals surface area contributed by atoms with Gasteiger partial charge in [0.2, 0.25) is 0 Å². The molecule has 10 aromatic rings. The number of hydrogen-bond donors (Lipinski definition) is 0. The predicted octanol–water partition coefficient (Wildman–Crippen LogP) is 13.6. The first-order valence-electron chi connectivity index (χ1n) is 16.5. The van der Waals surface area contributed by atoms with Gasteiger partial charge in [0.1, 0.15) is 0 Å². The van der Waals surface area contributed by atoms with Gasteiger partial charge in [-0.2, -0.15) is 0 Å². The molecule has 0 saturated carbocycles. The van der Waals surface area contributed by atoms with Gasteiger partial charge >= 0.3 is 295 Å². The van der Waals surface area contributed by atoms with Crippen molar-refractivity contribution < 1.29 is 3.89 Å². The first kappa shape index (κ1) is 28.8. The Balaban J connectivity index is 1.25. The average Bonchev–Trinajstić information content (AvgIpc) is 3.54. The summed E-state index contributed by atoms with van der Waals surface area (Å²) in [4.78, 5) is 0.693. The summed E-state index contributed by atoms with van der Waals surface area (Å²) in [6, 6.07) is 59.0. The van der Waals surface area contributed by atoms with Gasteiger partial charge in [-0.1, -0.05) is 0 Å². The molecule has 0 unspecified atom stereocenters. The Morgan fingerprint density at radius 2 is 0.837 bits per heavy atom. The second-order valence-corrected chi connectivity index (χ2v) is 15.3. The third-order valence-corrected chi connectivity index (χ3v) is 13.1. The zero-order valence-corrected chi connectivity index (χ0v) is 28.8. The van der Waals surface area contributed by atoms with Crippen LogP contribution in [0.2, 0.25) is 0 Å². The molecule has 1 heterocycles. The molecule has 0 fully saturated rings.